The SMILES string of the molecule is Nc1nc(-c2ccc3cc(C(F)(F)F)ccc3n2)ns1. The van der Waals surface area contributed by atoms with Crippen molar-refractivity contribution in [3.8, 4) is 11.5 Å². The summed E-state index contributed by atoms with van der Waals surface area (Å²) in [4.78, 5) is 8.23. The van der Waals surface area contributed by atoms with Crippen LogP contribution >= 0.6 is 11.5 Å². The van der Waals surface area contributed by atoms with Crippen LogP contribution < -0.4 is 5.73 Å². The van der Waals surface area contributed by atoms with Gasteiger partial charge in [0.15, 0.2) is 11.0 Å². The predicted octanol–water partition coefficient (Wildman–Crippen LogP) is 3.35. The van der Waals surface area contributed by atoms with Crippen LogP contribution in [0.2, 0.25) is 0 Å². The molecule has 0 aliphatic carbocycles. The smallest absolute Gasteiger partial charge is 0.374 e. The minimum Gasteiger partial charge on any atom is -0.374 e. The number of alkyl halides is 3. The number of nitrogen functional groups attached to an aromatic ring is 1. The van der Waals surface area contributed by atoms with E-state index in [1.165, 1.54) is 6.07 Å². The van der Waals surface area contributed by atoms with Crippen molar-refractivity contribution in [2.75, 3.05) is 5.73 Å². The van der Waals surface area contributed by atoms with E-state index in [1.54, 1.807) is 12.1 Å². The van der Waals surface area contributed by atoms with Gasteiger partial charge in [0.25, 0.3) is 0 Å². The molecular formula is C12H7F3N4S. The first-order valence-electron chi connectivity index (χ1n) is 5.51. The second-order valence-corrected chi connectivity index (χ2v) is 4.84. The van der Waals surface area contributed by atoms with Crippen LogP contribution in [0.1, 0.15) is 5.56 Å². The highest BCUT2D eigenvalue weighted by Crippen LogP contribution is 2.31. The first kappa shape index (κ1) is 12.8. The van der Waals surface area contributed by atoms with Crippen LogP contribution in [0.15, 0.2) is 30.3 Å². The highest BCUT2D eigenvalue weighted by Gasteiger charge is 2.30. The number of hydrogen-bond acceptors (Lipinski definition) is 5. The van der Waals surface area contributed by atoms with Gasteiger partial charge in [0.05, 0.1) is 11.1 Å². The van der Waals surface area contributed by atoms with E-state index >= 15 is 0 Å². The normalized spacial score (nSPS) is 11.9. The number of hydrogen-bond donors (Lipinski definition) is 1. The molecule has 8 heteroatoms. The first-order chi connectivity index (χ1) is 9.43. The zero-order chi connectivity index (χ0) is 14.3. The molecule has 3 rings (SSSR count). The molecule has 2 N–H and O–H groups in total. The van der Waals surface area contributed by atoms with Crippen molar-refractivity contribution < 1.29 is 13.2 Å². The Balaban J connectivity index is 2.09. The molecule has 0 fully saturated rings. The number of pyridine rings is 1. The minimum atomic E-state index is -4.36. The van der Waals surface area contributed by atoms with Gasteiger partial charge in [-0.15, -0.1) is 0 Å². The van der Waals surface area contributed by atoms with Gasteiger partial charge in [-0.2, -0.15) is 22.5 Å². The molecule has 0 saturated carbocycles. The standard InChI is InChI=1S/C12H7F3N4S/c13-12(14,15)7-2-4-8-6(5-7)1-3-9(17-8)10-18-11(16)20-19-10/h1-5H,(H2,16,18,19). The molecule has 2 heterocycles. The topological polar surface area (TPSA) is 64.7 Å². The molecule has 4 nitrogen and oxygen atoms in total. The summed E-state index contributed by atoms with van der Waals surface area (Å²) in [6.07, 6.45) is -4.36. The van der Waals surface area contributed by atoms with Gasteiger partial charge < -0.3 is 5.73 Å². The number of nitrogens with zero attached hydrogens (tertiary/aromatic N) is 3. The third-order valence-corrected chi connectivity index (χ3v) is 3.23. The van der Waals surface area contributed by atoms with Crippen molar-refractivity contribution in [1.29, 1.82) is 0 Å². The van der Waals surface area contributed by atoms with Gasteiger partial charge in [0.1, 0.15) is 5.69 Å². The molecule has 0 unspecified atom stereocenters. The summed E-state index contributed by atoms with van der Waals surface area (Å²) < 4.78 is 41.8. The van der Waals surface area contributed by atoms with Crippen molar-refractivity contribution >= 4 is 27.6 Å². The van der Waals surface area contributed by atoms with Gasteiger partial charge in [0, 0.05) is 16.9 Å². The average Bonchev–Trinajstić information content (AvgIpc) is 2.83. The molecule has 1 aromatic carbocycles. The molecule has 102 valence electrons. The van der Waals surface area contributed by atoms with Crippen LogP contribution in [0.3, 0.4) is 0 Å². The number of nitrogens with two attached hydrogens (primary N) is 1. The summed E-state index contributed by atoms with van der Waals surface area (Å²) in [6.45, 7) is 0. The van der Waals surface area contributed by atoms with Crippen molar-refractivity contribution in [3.05, 3.63) is 35.9 Å². The maximum atomic E-state index is 12.6. The molecule has 0 spiro atoms. The second-order valence-electron chi connectivity index (χ2n) is 4.06. The Bertz CT molecular complexity index is 782. The largest absolute Gasteiger partial charge is 0.416 e. The quantitative estimate of drug-likeness (QED) is 0.748. The van der Waals surface area contributed by atoms with Gasteiger partial charge in [-0.25, -0.2) is 4.98 Å². The van der Waals surface area contributed by atoms with Crippen LogP contribution in [0.5, 0.6) is 0 Å². The molecule has 20 heavy (non-hydrogen) atoms. The molecule has 3 aromatic rings. The summed E-state index contributed by atoms with van der Waals surface area (Å²) in [5.74, 6) is 0.370. The van der Waals surface area contributed by atoms with Crippen molar-refractivity contribution in [2.45, 2.75) is 6.18 Å². The molecule has 0 aliphatic rings. The zero-order valence-corrected chi connectivity index (χ0v) is 10.7. The van der Waals surface area contributed by atoms with Gasteiger partial charge in [0.2, 0.25) is 0 Å². The minimum absolute atomic E-state index is 0.314. The summed E-state index contributed by atoms with van der Waals surface area (Å²) in [6, 6.07) is 6.53. The molecule has 0 atom stereocenters. The number of halogens is 3. The van der Waals surface area contributed by atoms with E-state index < -0.39 is 11.7 Å². The van der Waals surface area contributed by atoms with Gasteiger partial charge in [-0.05, 0) is 24.3 Å². The second kappa shape index (κ2) is 4.41. The summed E-state index contributed by atoms with van der Waals surface area (Å²) in [5, 5.41) is 0.723. The van der Waals surface area contributed by atoms with E-state index in [-0.39, 0.29) is 0 Å². The summed E-state index contributed by atoms with van der Waals surface area (Å²) in [7, 11) is 0. The van der Waals surface area contributed by atoms with Gasteiger partial charge in [-0.1, -0.05) is 6.07 Å². The first-order valence-corrected chi connectivity index (χ1v) is 6.28. The van der Waals surface area contributed by atoms with E-state index in [0.29, 0.717) is 27.6 Å². The lowest BCUT2D eigenvalue weighted by Gasteiger charge is -2.07. The fourth-order valence-electron chi connectivity index (χ4n) is 1.77. The third-order valence-electron chi connectivity index (χ3n) is 2.69. The number of rotatable bonds is 1. The highest BCUT2D eigenvalue weighted by molar-refractivity contribution is 7.09. The molecule has 0 bridgehead atoms. The third kappa shape index (κ3) is 2.29. The Morgan fingerprint density at radius 3 is 2.50 bits per heavy atom. The van der Waals surface area contributed by atoms with Gasteiger partial charge in [-0.3, -0.25) is 0 Å². The van der Waals surface area contributed by atoms with Gasteiger partial charge >= 0.3 is 6.18 Å². The molecule has 2 aromatic heterocycles. The maximum Gasteiger partial charge on any atom is 0.416 e. The zero-order valence-electron chi connectivity index (χ0n) is 9.85. The summed E-state index contributed by atoms with van der Waals surface area (Å²) in [5.41, 5.74) is 5.71. The number of benzene rings is 1. The van der Waals surface area contributed by atoms with E-state index in [9.17, 15) is 13.2 Å². The average molecular weight is 296 g/mol. The highest BCUT2D eigenvalue weighted by atomic mass is 32.1. The lowest BCUT2D eigenvalue weighted by atomic mass is 10.1. The van der Waals surface area contributed by atoms with E-state index in [2.05, 4.69) is 14.3 Å². The Morgan fingerprint density at radius 1 is 1.05 bits per heavy atom. The molecule has 0 amide bonds. The van der Waals surface area contributed by atoms with Crippen LogP contribution in [0, 0.1) is 0 Å². The lowest BCUT2D eigenvalue weighted by molar-refractivity contribution is -0.137. The Kier molecular flexibility index (Phi) is 2.82. The van der Waals surface area contributed by atoms with E-state index in [0.717, 1.165) is 23.7 Å². The Morgan fingerprint density at radius 2 is 1.85 bits per heavy atom. The van der Waals surface area contributed by atoms with Crippen molar-refractivity contribution in [3.63, 3.8) is 0 Å². The van der Waals surface area contributed by atoms with Crippen molar-refractivity contribution in [2.24, 2.45) is 0 Å². The van der Waals surface area contributed by atoms with Crippen LogP contribution in [-0.4, -0.2) is 14.3 Å². The number of fused-ring (bicyclic) bond motifs is 1. The fourth-order valence-corrected chi connectivity index (χ4v) is 2.21. The molecule has 0 aliphatic heterocycles. The monoisotopic (exact) mass is 296 g/mol. The predicted molar refractivity (Wildman–Crippen MR) is 70.1 cm³/mol. The van der Waals surface area contributed by atoms with Crippen LogP contribution in [0.25, 0.3) is 22.4 Å². The lowest BCUT2D eigenvalue weighted by Crippen LogP contribution is -2.04. The van der Waals surface area contributed by atoms with E-state index in [4.69, 9.17) is 5.73 Å². The number of anilines is 1. The Labute approximate surface area is 115 Å². The fraction of sp³-hybridized carbons (Fsp3) is 0.0833. The van der Waals surface area contributed by atoms with Crippen LogP contribution in [0.4, 0.5) is 18.3 Å². The van der Waals surface area contributed by atoms with E-state index in [1.807, 2.05) is 0 Å². The molecule has 0 saturated heterocycles. The number of aromatic nitrogens is 3. The Hall–Kier alpha value is -2.22. The maximum absolute atomic E-state index is 12.6. The molecular weight excluding hydrogens is 289 g/mol. The van der Waals surface area contributed by atoms with Crippen molar-refractivity contribution in [1.82, 2.24) is 14.3 Å². The molecule has 0 radical (unpaired) electrons. The van der Waals surface area contributed by atoms with Crippen LogP contribution in [-0.2, 0) is 6.18 Å². The summed E-state index contributed by atoms with van der Waals surface area (Å²) >= 11 is 1.04.